The first-order valence-electron chi connectivity index (χ1n) is 14.9. The molecule has 0 fully saturated rings. The number of fused-ring (bicyclic) bond motifs is 2. The summed E-state index contributed by atoms with van der Waals surface area (Å²) in [6.45, 7) is 5.37. The molecule has 3 aromatic carbocycles. The quantitative estimate of drug-likeness (QED) is 0.180. The number of nitrogens with one attached hydrogen (secondary N) is 2. The molecule has 0 unspecified atom stereocenters. The molecule has 5 rings (SSSR count). The van der Waals surface area contributed by atoms with E-state index in [0.29, 0.717) is 30.5 Å². The van der Waals surface area contributed by atoms with E-state index in [2.05, 4.69) is 36.3 Å². The average Bonchev–Trinajstić information content (AvgIpc) is 3.38. The third-order valence-electron chi connectivity index (χ3n) is 8.14. The monoisotopic (exact) mass is 538 g/mol. The van der Waals surface area contributed by atoms with Gasteiger partial charge in [-0.05, 0) is 84.0 Å². The minimum absolute atomic E-state index is 0.192. The van der Waals surface area contributed by atoms with Crippen molar-refractivity contribution in [1.29, 1.82) is 0 Å². The van der Waals surface area contributed by atoms with Crippen LogP contribution in [0.15, 0.2) is 71.5 Å². The standard InChI is InChI=1S/C35H42N2O3/c1-3-5-12-25-18-27-20-29(21-28(27)19-26(25)13-6-4-2)36-22-32(38)30-14-16-33(35-31(30)15-17-34(39)37-35)40-23-24-10-8-7-9-11-24/h7-11,14-19,29,32,36,38H,3-6,12-13,20-23H2,1-2H3,(H,37,39)/t32-/m1/s1. The van der Waals surface area contributed by atoms with Gasteiger partial charge in [-0.1, -0.05) is 75.2 Å². The summed E-state index contributed by atoms with van der Waals surface area (Å²) in [4.78, 5) is 15.1. The second-order valence-corrected chi connectivity index (χ2v) is 11.2. The van der Waals surface area contributed by atoms with Gasteiger partial charge in [-0.25, -0.2) is 0 Å². The fraction of sp³-hybridized carbons (Fsp3) is 0.400. The molecular formula is C35H42N2O3. The van der Waals surface area contributed by atoms with Gasteiger partial charge in [0.2, 0.25) is 5.56 Å². The van der Waals surface area contributed by atoms with Gasteiger partial charge in [-0.2, -0.15) is 0 Å². The Morgan fingerprint density at radius 2 is 1.60 bits per heavy atom. The Morgan fingerprint density at radius 1 is 0.925 bits per heavy atom. The van der Waals surface area contributed by atoms with Gasteiger partial charge in [0.05, 0.1) is 11.6 Å². The highest BCUT2D eigenvalue weighted by molar-refractivity contribution is 5.87. The zero-order valence-electron chi connectivity index (χ0n) is 23.8. The Bertz CT molecular complexity index is 1440. The molecule has 3 N–H and O–H groups in total. The second-order valence-electron chi connectivity index (χ2n) is 11.2. The third-order valence-corrected chi connectivity index (χ3v) is 8.14. The minimum Gasteiger partial charge on any atom is -0.487 e. The van der Waals surface area contributed by atoms with Gasteiger partial charge >= 0.3 is 0 Å². The summed E-state index contributed by atoms with van der Waals surface area (Å²) in [7, 11) is 0. The van der Waals surface area contributed by atoms with Gasteiger partial charge in [0.1, 0.15) is 12.4 Å². The maximum Gasteiger partial charge on any atom is 0.248 e. The summed E-state index contributed by atoms with van der Waals surface area (Å²) in [6.07, 6.45) is 8.53. The van der Waals surface area contributed by atoms with Crippen LogP contribution in [0.2, 0.25) is 0 Å². The highest BCUT2D eigenvalue weighted by atomic mass is 16.5. The van der Waals surface area contributed by atoms with E-state index in [4.69, 9.17) is 4.74 Å². The fourth-order valence-corrected chi connectivity index (χ4v) is 5.90. The summed E-state index contributed by atoms with van der Waals surface area (Å²) >= 11 is 0. The number of H-pyrrole nitrogens is 1. The molecule has 0 spiro atoms. The predicted octanol–water partition coefficient (Wildman–Crippen LogP) is 6.58. The maximum atomic E-state index is 12.2. The van der Waals surface area contributed by atoms with Crippen LogP contribution in [-0.2, 0) is 32.3 Å². The molecular weight excluding hydrogens is 496 g/mol. The van der Waals surface area contributed by atoms with Crippen molar-refractivity contribution < 1.29 is 9.84 Å². The van der Waals surface area contributed by atoms with Crippen molar-refractivity contribution in [1.82, 2.24) is 10.3 Å². The molecule has 4 aromatic rings. The lowest BCUT2D eigenvalue weighted by molar-refractivity contribution is 0.171. The van der Waals surface area contributed by atoms with Crippen LogP contribution >= 0.6 is 0 Å². The van der Waals surface area contributed by atoms with E-state index in [9.17, 15) is 9.90 Å². The van der Waals surface area contributed by atoms with Crippen LogP contribution in [0.25, 0.3) is 10.9 Å². The van der Waals surface area contributed by atoms with Crippen LogP contribution in [0.5, 0.6) is 5.75 Å². The number of ether oxygens (including phenoxy) is 1. The zero-order chi connectivity index (χ0) is 27.9. The summed E-state index contributed by atoms with van der Waals surface area (Å²) < 4.78 is 6.07. The van der Waals surface area contributed by atoms with Crippen molar-refractivity contribution in [2.75, 3.05) is 6.54 Å². The molecule has 5 heteroatoms. The molecule has 40 heavy (non-hydrogen) atoms. The van der Waals surface area contributed by atoms with Gasteiger partial charge in [0.25, 0.3) is 0 Å². The highest BCUT2D eigenvalue weighted by Gasteiger charge is 2.24. The van der Waals surface area contributed by atoms with E-state index < -0.39 is 6.10 Å². The van der Waals surface area contributed by atoms with Crippen molar-refractivity contribution in [3.63, 3.8) is 0 Å². The van der Waals surface area contributed by atoms with Crippen LogP contribution in [0, 0.1) is 0 Å². The Kier molecular flexibility index (Phi) is 9.35. The van der Waals surface area contributed by atoms with E-state index in [1.54, 1.807) is 6.07 Å². The highest BCUT2D eigenvalue weighted by Crippen LogP contribution is 2.31. The van der Waals surface area contributed by atoms with E-state index in [1.165, 1.54) is 66.8 Å². The van der Waals surface area contributed by atoms with Gasteiger partial charge < -0.3 is 20.1 Å². The number of rotatable bonds is 13. The Balaban J connectivity index is 1.27. The van der Waals surface area contributed by atoms with Crippen molar-refractivity contribution in [2.45, 2.75) is 84.0 Å². The van der Waals surface area contributed by atoms with E-state index in [-0.39, 0.29) is 5.56 Å². The molecule has 1 heterocycles. The lowest BCUT2D eigenvalue weighted by Gasteiger charge is -2.19. The topological polar surface area (TPSA) is 74.3 Å². The maximum absolute atomic E-state index is 12.2. The summed E-state index contributed by atoms with van der Waals surface area (Å²) in [5, 5.41) is 15.7. The van der Waals surface area contributed by atoms with Gasteiger partial charge in [-0.15, -0.1) is 0 Å². The molecule has 5 nitrogen and oxygen atoms in total. The number of aromatic amines is 1. The van der Waals surface area contributed by atoms with Crippen molar-refractivity contribution in [3.05, 3.63) is 110 Å². The molecule has 0 saturated carbocycles. The molecule has 1 atom stereocenters. The number of pyridine rings is 1. The van der Waals surface area contributed by atoms with Crippen molar-refractivity contribution >= 4 is 10.9 Å². The second kappa shape index (κ2) is 13.3. The molecule has 1 aliphatic carbocycles. The Morgan fingerprint density at radius 3 is 2.25 bits per heavy atom. The van der Waals surface area contributed by atoms with Gasteiger partial charge in [0, 0.05) is 24.0 Å². The van der Waals surface area contributed by atoms with Crippen LogP contribution in [-0.4, -0.2) is 22.7 Å². The number of hydrogen-bond donors (Lipinski definition) is 3. The largest absolute Gasteiger partial charge is 0.487 e. The molecule has 0 aliphatic heterocycles. The Labute approximate surface area is 237 Å². The lowest BCUT2D eigenvalue weighted by Crippen LogP contribution is -2.33. The first kappa shape index (κ1) is 28.1. The molecule has 0 bridgehead atoms. The normalized spacial score (nSPS) is 14.0. The van der Waals surface area contributed by atoms with Crippen LogP contribution in [0.4, 0.5) is 0 Å². The number of aliphatic hydroxyl groups excluding tert-OH is 1. The number of hydrogen-bond acceptors (Lipinski definition) is 4. The summed E-state index contributed by atoms with van der Waals surface area (Å²) in [5.74, 6) is 0.601. The summed E-state index contributed by atoms with van der Waals surface area (Å²) in [5.41, 5.74) is 8.24. The number of aromatic nitrogens is 1. The molecule has 0 saturated heterocycles. The number of aryl methyl sites for hydroxylation is 2. The van der Waals surface area contributed by atoms with E-state index in [0.717, 1.165) is 29.4 Å². The predicted molar refractivity (Wildman–Crippen MR) is 163 cm³/mol. The van der Waals surface area contributed by atoms with Crippen LogP contribution in [0.3, 0.4) is 0 Å². The molecule has 1 aromatic heterocycles. The molecule has 210 valence electrons. The van der Waals surface area contributed by atoms with Crippen molar-refractivity contribution in [2.24, 2.45) is 0 Å². The molecule has 1 aliphatic rings. The van der Waals surface area contributed by atoms with E-state index in [1.807, 2.05) is 42.5 Å². The number of aliphatic hydroxyl groups is 1. The average molecular weight is 539 g/mol. The number of benzene rings is 3. The van der Waals surface area contributed by atoms with Gasteiger partial charge in [0.15, 0.2) is 0 Å². The zero-order valence-corrected chi connectivity index (χ0v) is 23.8. The first-order valence-corrected chi connectivity index (χ1v) is 14.9. The first-order chi connectivity index (χ1) is 19.6. The third kappa shape index (κ3) is 6.65. The fourth-order valence-electron chi connectivity index (χ4n) is 5.90. The Hall–Kier alpha value is -3.41. The summed E-state index contributed by atoms with van der Waals surface area (Å²) in [6, 6.07) is 22.2. The molecule has 0 radical (unpaired) electrons. The lowest BCUT2D eigenvalue weighted by atomic mass is 9.93. The SMILES string of the molecule is CCCCc1cc2c(cc1CCCC)CC(NC[C@@H](O)c1ccc(OCc3ccccc3)c3[nH]c(=O)ccc13)C2. The number of unbranched alkanes of at least 4 members (excludes halogenated alkanes) is 2. The van der Waals surface area contributed by atoms with E-state index >= 15 is 0 Å². The van der Waals surface area contributed by atoms with Crippen LogP contribution < -0.4 is 15.6 Å². The molecule has 0 amide bonds. The minimum atomic E-state index is -0.708. The smallest absolute Gasteiger partial charge is 0.248 e. The van der Waals surface area contributed by atoms with Gasteiger partial charge in [-0.3, -0.25) is 4.79 Å². The van der Waals surface area contributed by atoms with Crippen molar-refractivity contribution in [3.8, 4) is 5.75 Å². The van der Waals surface area contributed by atoms with Crippen LogP contribution in [0.1, 0.15) is 79.0 Å².